The SMILES string of the molecule is NC(=N/C(=C\Cc1cccc2c1-c1ccccc1C21c2ccccc2-c2ccccc21)c1ccc(-c2c3ccccc3c(-c3ccccc3)c3ccc4ccccc4c23)cc1)c1ccccc1. The van der Waals surface area contributed by atoms with Crippen LogP contribution in [0.3, 0.4) is 0 Å². The minimum absolute atomic E-state index is 0.396. The van der Waals surface area contributed by atoms with Crippen LogP contribution in [0.25, 0.3) is 82.5 Å². The monoisotopic (exact) mass is 852 g/mol. The number of rotatable bonds is 7. The van der Waals surface area contributed by atoms with Crippen LogP contribution in [0.1, 0.15) is 38.9 Å². The molecule has 2 heteroatoms. The summed E-state index contributed by atoms with van der Waals surface area (Å²) in [6.45, 7) is 0. The standard InChI is InChI=1S/C65H44N2/c66-64(47-21-5-2-6-22-47)67-59(41-39-45-23-17-33-58-61(45)53-29-13-16-32-57(53)65(58)55-30-14-11-25-49(55)50-26-12-15-31-56(50)65)43-34-36-46(37-35-43)62-52-28-10-9-27-51(52)60(44-19-3-1-4-20-44)54-40-38-42-18-7-8-24-48(42)63(54)62/h1-38,40-41H,39H2,(H2,66,67)/b59-41-. The Labute approximate surface area is 390 Å². The maximum atomic E-state index is 6.89. The Morgan fingerprint density at radius 3 is 1.63 bits per heavy atom. The molecule has 2 N–H and O–H groups in total. The van der Waals surface area contributed by atoms with Crippen molar-refractivity contribution in [3.63, 3.8) is 0 Å². The minimum atomic E-state index is -0.396. The summed E-state index contributed by atoms with van der Waals surface area (Å²) in [4.78, 5) is 5.24. The second-order valence-electron chi connectivity index (χ2n) is 17.8. The van der Waals surface area contributed by atoms with Crippen LogP contribution in [0.2, 0.25) is 0 Å². The first kappa shape index (κ1) is 38.8. The van der Waals surface area contributed by atoms with Gasteiger partial charge in [0.05, 0.1) is 11.1 Å². The topological polar surface area (TPSA) is 38.4 Å². The highest BCUT2D eigenvalue weighted by Gasteiger charge is 2.51. The summed E-state index contributed by atoms with van der Waals surface area (Å²) in [5.41, 5.74) is 25.9. The molecule has 0 aliphatic heterocycles. The molecule has 2 aliphatic rings. The highest BCUT2D eigenvalue weighted by atomic mass is 14.9. The van der Waals surface area contributed by atoms with Crippen molar-refractivity contribution in [1.29, 1.82) is 0 Å². The van der Waals surface area contributed by atoms with E-state index >= 15 is 0 Å². The van der Waals surface area contributed by atoms with Gasteiger partial charge in [0.15, 0.2) is 0 Å². The van der Waals surface area contributed by atoms with Crippen molar-refractivity contribution in [2.24, 2.45) is 10.7 Å². The van der Waals surface area contributed by atoms with Gasteiger partial charge in [0.25, 0.3) is 0 Å². The Morgan fingerprint density at radius 2 is 0.925 bits per heavy atom. The van der Waals surface area contributed by atoms with Gasteiger partial charge in [-0.3, -0.25) is 0 Å². The molecule has 11 aromatic rings. The lowest BCUT2D eigenvalue weighted by molar-refractivity contribution is 0.793. The fourth-order valence-electron chi connectivity index (χ4n) is 11.6. The van der Waals surface area contributed by atoms with E-state index in [-0.39, 0.29) is 0 Å². The molecule has 2 aliphatic carbocycles. The highest BCUT2D eigenvalue weighted by molar-refractivity contribution is 6.28. The van der Waals surface area contributed by atoms with Crippen molar-refractivity contribution < 1.29 is 0 Å². The lowest BCUT2D eigenvalue weighted by Crippen LogP contribution is -2.25. The Morgan fingerprint density at radius 1 is 0.388 bits per heavy atom. The number of nitrogens with two attached hydrogens (primary N) is 1. The van der Waals surface area contributed by atoms with Gasteiger partial charge in [-0.15, -0.1) is 0 Å². The number of hydrogen-bond acceptors (Lipinski definition) is 1. The van der Waals surface area contributed by atoms with E-state index in [1.165, 1.54) is 99.1 Å². The summed E-state index contributed by atoms with van der Waals surface area (Å²) in [5.74, 6) is 0.484. The number of benzene rings is 11. The van der Waals surface area contributed by atoms with E-state index in [0.717, 1.165) is 22.4 Å². The maximum Gasteiger partial charge on any atom is 0.131 e. The van der Waals surface area contributed by atoms with Crippen LogP contribution in [0, 0.1) is 0 Å². The third-order valence-electron chi connectivity index (χ3n) is 14.4. The first-order valence-corrected chi connectivity index (χ1v) is 23.2. The normalized spacial score (nSPS) is 13.5. The maximum absolute atomic E-state index is 6.89. The second kappa shape index (κ2) is 15.5. The predicted octanol–water partition coefficient (Wildman–Crippen LogP) is 15.8. The third kappa shape index (κ3) is 5.93. The van der Waals surface area contributed by atoms with Crippen molar-refractivity contribution >= 4 is 43.9 Å². The molecule has 67 heavy (non-hydrogen) atoms. The van der Waals surface area contributed by atoms with Gasteiger partial charge in [-0.1, -0.05) is 243 Å². The minimum Gasteiger partial charge on any atom is -0.383 e. The van der Waals surface area contributed by atoms with Crippen LogP contribution in [0.15, 0.2) is 248 Å². The zero-order valence-electron chi connectivity index (χ0n) is 36.8. The molecule has 0 bridgehead atoms. The van der Waals surface area contributed by atoms with Crippen LogP contribution in [-0.4, -0.2) is 5.84 Å². The summed E-state index contributed by atoms with van der Waals surface area (Å²) in [6.07, 6.45) is 2.94. The highest BCUT2D eigenvalue weighted by Crippen LogP contribution is 2.63. The molecule has 0 aromatic heterocycles. The summed E-state index contributed by atoms with van der Waals surface area (Å²) in [5, 5.41) is 7.43. The van der Waals surface area contributed by atoms with Gasteiger partial charge in [0, 0.05) is 5.56 Å². The van der Waals surface area contributed by atoms with Gasteiger partial charge in [-0.25, -0.2) is 4.99 Å². The third-order valence-corrected chi connectivity index (χ3v) is 14.4. The van der Waals surface area contributed by atoms with Crippen molar-refractivity contribution in [3.05, 3.63) is 282 Å². The summed E-state index contributed by atoms with van der Waals surface area (Å²) in [7, 11) is 0. The Balaban J connectivity index is 0.979. The first-order valence-electron chi connectivity index (χ1n) is 23.2. The fourth-order valence-corrected chi connectivity index (χ4v) is 11.6. The molecule has 0 amide bonds. The Bertz CT molecular complexity index is 3780. The molecule has 1 spiro atoms. The van der Waals surface area contributed by atoms with Crippen LogP contribution < -0.4 is 5.73 Å². The second-order valence-corrected chi connectivity index (χ2v) is 17.8. The van der Waals surface area contributed by atoms with Gasteiger partial charge in [-0.2, -0.15) is 0 Å². The summed E-state index contributed by atoms with van der Waals surface area (Å²) >= 11 is 0. The number of aliphatic imine (C=N–C) groups is 1. The van der Waals surface area contributed by atoms with Crippen molar-refractivity contribution in [3.8, 4) is 44.5 Å². The number of fused-ring (bicyclic) bond motifs is 14. The first-order chi connectivity index (χ1) is 33.2. The molecule has 0 radical (unpaired) electrons. The molecule has 11 aromatic carbocycles. The van der Waals surface area contributed by atoms with Gasteiger partial charge in [-0.05, 0) is 117 Å². The zero-order chi connectivity index (χ0) is 44.5. The average molecular weight is 853 g/mol. The average Bonchev–Trinajstić information content (AvgIpc) is 3.87. The van der Waals surface area contributed by atoms with E-state index in [1.54, 1.807) is 0 Å². The van der Waals surface area contributed by atoms with Crippen molar-refractivity contribution in [2.75, 3.05) is 0 Å². The Hall–Kier alpha value is -8.59. The molecular formula is C65H44N2. The summed E-state index contributed by atoms with van der Waals surface area (Å²) in [6, 6.07) is 86.1. The number of amidine groups is 1. The molecule has 2 nitrogen and oxygen atoms in total. The molecule has 13 rings (SSSR count). The van der Waals surface area contributed by atoms with Crippen molar-refractivity contribution in [1.82, 2.24) is 0 Å². The molecule has 314 valence electrons. The molecule has 0 saturated carbocycles. The molecule has 0 atom stereocenters. The van der Waals surface area contributed by atoms with E-state index < -0.39 is 5.41 Å². The molecule has 0 fully saturated rings. The van der Waals surface area contributed by atoms with E-state index in [4.69, 9.17) is 10.7 Å². The quantitative estimate of drug-likeness (QED) is 0.0738. The van der Waals surface area contributed by atoms with E-state index in [2.05, 4.69) is 212 Å². The lowest BCUT2D eigenvalue weighted by Gasteiger charge is -2.30. The van der Waals surface area contributed by atoms with Gasteiger partial charge in [0.1, 0.15) is 5.84 Å². The van der Waals surface area contributed by atoms with Crippen LogP contribution >= 0.6 is 0 Å². The smallest absolute Gasteiger partial charge is 0.131 e. The number of allylic oxidation sites excluding steroid dienone is 1. The van der Waals surface area contributed by atoms with Gasteiger partial charge >= 0.3 is 0 Å². The molecule has 0 saturated heterocycles. The Kier molecular flexibility index (Phi) is 9.01. The lowest BCUT2D eigenvalue weighted by atomic mass is 9.70. The van der Waals surface area contributed by atoms with Gasteiger partial charge in [0.2, 0.25) is 0 Å². The van der Waals surface area contributed by atoms with Crippen LogP contribution in [0.4, 0.5) is 0 Å². The van der Waals surface area contributed by atoms with Crippen molar-refractivity contribution in [2.45, 2.75) is 11.8 Å². The van der Waals surface area contributed by atoms with Crippen LogP contribution in [0.5, 0.6) is 0 Å². The molecular weight excluding hydrogens is 809 g/mol. The van der Waals surface area contributed by atoms with E-state index in [9.17, 15) is 0 Å². The fraction of sp³-hybridized carbons (Fsp3) is 0.0308. The number of nitrogens with zero attached hydrogens (tertiary/aromatic N) is 1. The number of hydrogen-bond donors (Lipinski definition) is 1. The van der Waals surface area contributed by atoms with Crippen LogP contribution in [-0.2, 0) is 11.8 Å². The molecule has 0 unspecified atom stereocenters. The van der Waals surface area contributed by atoms with E-state index in [0.29, 0.717) is 12.3 Å². The molecule has 0 heterocycles. The summed E-state index contributed by atoms with van der Waals surface area (Å²) < 4.78 is 0. The largest absolute Gasteiger partial charge is 0.383 e. The van der Waals surface area contributed by atoms with Gasteiger partial charge < -0.3 is 5.73 Å². The predicted molar refractivity (Wildman–Crippen MR) is 281 cm³/mol. The zero-order valence-corrected chi connectivity index (χ0v) is 36.8. The van der Waals surface area contributed by atoms with E-state index in [1.807, 2.05) is 30.3 Å².